The molecule has 1 aromatic rings. The van der Waals surface area contributed by atoms with Crippen molar-refractivity contribution in [3.63, 3.8) is 0 Å². The van der Waals surface area contributed by atoms with Gasteiger partial charge in [0.2, 0.25) is 0 Å². The Hall–Kier alpha value is -0.690. The molecule has 17 heavy (non-hydrogen) atoms. The lowest BCUT2D eigenvalue weighted by atomic mass is 10.2. The zero-order chi connectivity index (χ0) is 11.6. The van der Waals surface area contributed by atoms with Gasteiger partial charge >= 0.3 is 0 Å². The number of nitriles is 1. The van der Waals surface area contributed by atoms with Crippen molar-refractivity contribution >= 4 is 24.2 Å². The van der Waals surface area contributed by atoms with Gasteiger partial charge < -0.3 is 5.32 Å². The van der Waals surface area contributed by atoms with Crippen LogP contribution in [0.25, 0.3) is 0 Å². The molecule has 94 valence electrons. The van der Waals surface area contributed by atoms with Crippen LogP contribution in [0.5, 0.6) is 0 Å². The van der Waals surface area contributed by atoms with Crippen molar-refractivity contribution < 1.29 is 0 Å². The molecule has 0 heterocycles. The van der Waals surface area contributed by atoms with Crippen LogP contribution in [0, 0.1) is 11.3 Å². The molecule has 1 N–H and O–H groups in total. The van der Waals surface area contributed by atoms with Gasteiger partial charge in [0, 0.05) is 17.9 Å². The molecule has 0 saturated carbocycles. The summed E-state index contributed by atoms with van der Waals surface area (Å²) in [6.45, 7) is 1.91. The van der Waals surface area contributed by atoms with E-state index in [1.54, 1.807) is 11.8 Å². The number of thioether (sulfide) groups is 1. The maximum absolute atomic E-state index is 8.38. The first-order valence-electron chi connectivity index (χ1n) is 5.57. The van der Waals surface area contributed by atoms with Crippen molar-refractivity contribution in [1.82, 2.24) is 5.32 Å². The SMILES string of the molecule is CSc1ccc(CNCCCCC#N)cc1.Cl. The summed E-state index contributed by atoms with van der Waals surface area (Å²) in [5.74, 6) is 0. The summed E-state index contributed by atoms with van der Waals surface area (Å²) in [6.07, 6.45) is 4.83. The highest BCUT2D eigenvalue weighted by atomic mass is 35.5. The first-order valence-corrected chi connectivity index (χ1v) is 6.80. The molecule has 0 aliphatic heterocycles. The van der Waals surface area contributed by atoms with Gasteiger partial charge in [-0.3, -0.25) is 0 Å². The largest absolute Gasteiger partial charge is 0.313 e. The fraction of sp³-hybridized carbons (Fsp3) is 0.462. The molecule has 4 heteroatoms. The molecule has 0 aliphatic rings. The fourth-order valence-electron chi connectivity index (χ4n) is 1.43. The highest BCUT2D eigenvalue weighted by molar-refractivity contribution is 7.98. The van der Waals surface area contributed by atoms with Crippen LogP contribution in [0.4, 0.5) is 0 Å². The van der Waals surface area contributed by atoms with E-state index in [-0.39, 0.29) is 12.4 Å². The van der Waals surface area contributed by atoms with Crippen molar-refractivity contribution in [2.45, 2.75) is 30.7 Å². The minimum atomic E-state index is 0. The molecular weight excluding hydrogens is 252 g/mol. The zero-order valence-corrected chi connectivity index (χ0v) is 11.7. The molecule has 0 spiro atoms. The van der Waals surface area contributed by atoms with E-state index in [9.17, 15) is 0 Å². The third-order valence-electron chi connectivity index (χ3n) is 2.38. The van der Waals surface area contributed by atoms with Gasteiger partial charge in [-0.15, -0.1) is 24.2 Å². The lowest BCUT2D eigenvalue weighted by Gasteiger charge is -2.04. The highest BCUT2D eigenvalue weighted by Crippen LogP contribution is 2.14. The Morgan fingerprint density at radius 2 is 1.94 bits per heavy atom. The third kappa shape index (κ3) is 7.27. The van der Waals surface area contributed by atoms with Crippen LogP contribution in [0.3, 0.4) is 0 Å². The Balaban J connectivity index is 0.00000256. The van der Waals surface area contributed by atoms with E-state index in [1.165, 1.54) is 10.5 Å². The molecule has 0 atom stereocenters. The van der Waals surface area contributed by atoms with Crippen LogP contribution in [-0.2, 0) is 6.54 Å². The Labute approximate surface area is 114 Å². The molecule has 1 aromatic carbocycles. The summed E-state index contributed by atoms with van der Waals surface area (Å²) >= 11 is 1.76. The Morgan fingerprint density at radius 3 is 2.53 bits per heavy atom. The highest BCUT2D eigenvalue weighted by Gasteiger charge is 1.93. The molecule has 0 bridgehead atoms. The minimum Gasteiger partial charge on any atom is -0.313 e. The quantitative estimate of drug-likeness (QED) is 0.607. The number of rotatable bonds is 7. The molecule has 0 aromatic heterocycles. The monoisotopic (exact) mass is 270 g/mol. The van der Waals surface area contributed by atoms with Crippen molar-refractivity contribution in [2.24, 2.45) is 0 Å². The van der Waals surface area contributed by atoms with Crippen LogP contribution in [-0.4, -0.2) is 12.8 Å². The molecule has 0 radical (unpaired) electrons. The second kappa shape index (κ2) is 10.5. The second-order valence-electron chi connectivity index (χ2n) is 3.64. The smallest absolute Gasteiger partial charge is 0.0621 e. The van der Waals surface area contributed by atoms with E-state index in [4.69, 9.17) is 5.26 Å². The predicted octanol–water partition coefficient (Wildman–Crippen LogP) is 3.61. The molecule has 0 unspecified atom stereocenters. The zero-order valence-electron chi connectivity index (χ0n) is 10.1. The maximum atomic E-state index is 8.38. The number of nitrogens with zero attached hydrogens (tertiary/aromatic N) is 1. The average molecular weight is 271 g/mol. The molecule has 2 nitrogen and oxygen atoms in total. The van der Waals surface area contributed by atoms with Crippen molar-refractivity contribution in [3.05, 3.63) is 29.8 Å². The summed E-state index contributed by atoms with van der Waals surface area (Å²) < 4.78 is 0. The van der Waals surface area contributed by atoms with Crippen molar-refractivity contribution in [1.29, 1.82) is 5.26 Å². The van der Waals surface area contributed by atoms with Crippen LogP contribution in [0.15, 0.2) is 29.2 Å². The molecule has 0 saturated heterocycles. The molecule has 0 aliphatic carbocycles. The minimum absolute atomic E-state index is 0. The lowest BCUT2D eigenvalue weighted by molar-refractivity contribution is 0.628. The van der Waals surface area contributed by atoms with Gasteiger partial charge in [-0.05, 0) is 43.3 Å². The second-order valence-corrected chi connectivity index (χ2v) is 4.52. The molecular formula is C13H19ClN2S. The number of benzene rings is 1. The van der Waals surface area contributed by atoms with Crippen LogP contribution in [0.1, 0.15) is 24.8 Å². The topological polar surface area (TPSA) is 35.8 Å². The summed E-state index contributed by atoms with van der Waals surface area (Å²) in [4.78, 5) is 1.30. The van der Waals surface area contributed by atoms with Gasteiger partial charge in [0.1, 0.15) is 0 Å². The number of unbranched alkanes of at least 4 members (excludes halogenated alkanes) is 2. The lowest BCUT2D eigenvalue weighted by Crippen LogP contribution is -2.14. The first kappa shape index (κ1) is 16.3. The number of halogens is 1. The van der Waals surface area contributed by atoms with Gasteiger partial charge in [0.15, 0.2) is 0 Å². The van der Waals surface area contributed by atoms with E-state index < -0.39 is 0 Å². The normalized spacial score (nSPS) is 9.41. The first-order chi connectivity index (χ1) is 7.86. The average Bonchev–Trinajstić information content (AvgIpc) is 2.34. The van der Waals surface area contributed by atoms with Crippen LogP contribution in [0.2, 0.25) is 0 Å². The summed E-state index contributed by atoms with van der Waals surface area (Å²) in [7, 11) is 0. The van der Waals surface area contributed by atoms with Gasteiger partial charge in [0.25, 0.3) is 0 Å². The number of hydrogen-bond acceptors (Lipinski definition) is 3. The predicted molar refractivity (Wildman–Crippen MR) is 76.6 cm³/mol. The van der Waals surface area contributed by atoms with E-state index in [0.717, 1.165) is 25.9 Å². The van der Waals surface area contributed by atoms with E-state index in [1.807, 2.05) is 0 Å². The maximum Gasteiger partial charge on any atom is 0.0621 e. The fourth-order valence-corrected chi connectivity index (χ4v) is 1.84. The Kier molecular flexibility index (Phi) is 10.0. The number of nitrogens with one attached hydrogen (secondary N) is 1. The third-order valence-corrected chi connectivity index (χ3v) is 3.12. The summed E-state index contributed by atoms with van der Waals surface area (Å²) in [5, 5.41) is 11.8. The molecule has 1 rings (SSSR count). The van der Waals surface area contributed by atoms with Crippen LogP contribution < -0.4 is 5.32 Å². The molecule has 0 amide bonds. The standard InChI is InChI=1S/C13H18N2S.ClH/c1-16-13-7-5-12(6-8-13)11-15-10-4-2-3-9-14;/h5-8,15H,2-4,10-11H2,1H3;1H. The van der Waals surface area contributed by atoms with E-state index >= 15 is 0 Å². The van der Waals surface area contributed by atoms with Gasteiger partial charge in [0.05, 0.1) is 6.07 Å². The Morgan fingerprint density at radius 1 is 1.24 bits per heavy atom. The van der Waals surface area contributed by atoms with Gasteiger partial charge in [-0.25, -0.2) is 0 Å². The Bertz CT molecular complexity index is 332. The van der Waals surface area contributed by atoms with Gasteiger partial charge in [-0.2, -0.15) is 5.26 Å². The summed E-state index contributed by atoms with van der Waals surface area (Å²) in [6, 6.07) is 10.8. The van der Waals surface area contributed by atoms with E-state index in [2.05, 4.69) is 41.9 Å². The number of hydrogen-bond donors (Lipinski definition) is 1. The van der Waals surface area contributed by atoms with Crippen molar-refractivity contribution in [3.8, 4) is 6.07 Å². The van der Waals surface area contributed by atoms with Crippen LogP contribution >= 0.6 is 24.2 Å². The molecule has 0 fully saturated rings. The van der Waals surface area contributed by atoms with Crippen molar-refractivity contribution in [2.75, 3.05) is 12.8 Å². The van der Waals surface area contributed by atoms with Gasteiger partial charge in [-0.1, -0.05) is 12.1 Å². The van der Waals surface area contributed by atoms with E-state index in [0.29, 0.717) is 6.42 Å². The summed E-state index contributed by atoms with van der Waals surface area (Å²) in [5.41, 5.74) is 1.32.